The first-order chi connectivity index (χ1) is 14.9. The molecule has 1 aliphatic carbocycles. The van der Waals surface area contributed by atoms with Crippen molar-refractivity contribution < 1.29 is 4.42 Å². The third kappa shape index (κ3) is 2.92. The molecule has 1 nitrogen and oxygen atoms in total. The molecule has 5 aromatic rings. The highest BCUT2D eigenvalue weighted by atomic mass is 16.3. The van der Waals surface area contributed by atoms with Crippen LogP contribution in [0.5, 0.6) is 0 Å². The minimum Gasteiger partial charge on any atom is -0.455 e. The molecule has 1 heteroatoms. The average Bonchev–Trinajstić information content (AvgIpc) is 3.21. The van der Waals surface area contributed by atoms with E-state index in [4.69, 9.17) is 4.42 Å². The first kappa shape index (κ1) is 17.8. The zero-order valence-electron chi connectivity index (χ0n) is 17.2. The van der Waals surface area contributed by atoms with E-state index in [9.17, 15) is 0 Å². The fourth-order valence-corrected chi connectivity index (χ4v) is 5.42. The van der Waals surface area contributed by atoms with Gasteiger partial charge in [0.05, 0.1) is 0 Å². The van der Waals surface area contributed by atoms with E-state index in [0.29, 0.717) is 5.92 Å². The van der Waals surface area contributed by atoms with Gasteiger partial charge < -0.3 is 4.42 Å². The zero-order chi connectivity index (χ0) is 19.9. The smallest absolute Gasteiger partial charge is 0.139 e. The van der Waals surface area contributed by atoms with Gasteiger partial charge in [-0.15, -0.1) is 0 Å². The molecule has 148 valence electrons. The summed E-state index contributed by atoms with van der Waals surface area (Å²) in [6.07, 6.45) is 7.51. The minimum absolute atomic E-state index is 0.631. The number of hydrogen-bond acceptors (Lipinski definition) is 1. The van der Waals surface area contributed by atoms with E-state index in [2.05, 4.69) is 78.9 Å². The van der Waals surface area contributed by atoms with Gasteiger partial charge >= 0.3 is 0 Å². The summed E-state index contributed by atoms with van der Waals surface area (Å²) in [4.78, 5) is 0. The van der Waals surface area contributed by atoms with Gasteiger partial charge in [0.25, 0.3) is 0 Å². The van der Waals surface area contributed by atoms with E-state index < -0.39 is 0 Å². The lowest BCUT2D eigenvalue weighted by atomic mass is 9.83. The molecule has 0 radical (unpaired) electrons. The van der Waals surface area contributed by atoms with Crippen LogP contribution in [0.15, 0.2) is 83.3 Å². The highest BCUT2D eigenvalue weighted by molar-refractivity contribution is 6.20. The monoisotopic (exact) mass is 390 g/mol. The quantitative estimate of drug-likeness (QED) is 0.301. The van der Waals surface area contributed by atoms with Gasteiger partial charge in [-0.3, -0.25) is 0 Å². The van der Waals surface area contributed by atoms with Crippen molar-refractivity contribution in [2.75, 3.05) is 0 Å². The number of rotatable bonds is 3. The molecule has 1 fully saturated rings. The number of benzene rings is 4. The van der Waals surface area contributed by atoms with E-state index in [1.54, 1.807) is 0 Å². The lowest BCUT2D eigenvalue weighted by Crippen LogP contribution is -2.04. The molecule has 1 heterocycles. The summed E-state index contributed by atoms with van der Waals surface area (Å²) in [6.45, 7) is 0. The molecule has 0 atom stereocenters. The molecule has 6 rings (SSSR count). The average molecular weight is 391 g/mol. The van der Waals surface area contributed by atoms with Crippen LogP contribution in [0.2, 0.25) is 0 Å². The highest BCUT2D eigenvalue weighted by Crippen LogP contribution is 2.42. The normalized spacial score (nSPS) is 15.3. The molecule has 1 saturated carbocycles. The summed E-state index contributed by atoms with van der Waals surface area (Å²) >= 11 is 0. The maximum absolute atomic E-state index is 6.75. The minimum atomic E-state index is 0.631. The summed E-state index contributed by atoms with van der Waals surface area (Å²) in [5, 5.41) is 5.15. The topological polar surface area (TPSA) is 13.1 Å². The molecule has 0 amide bonds. The van der Waals surface area contributed by atoms with Gasteiger partial charge in [0.2, 0.25) is 0 Å². The summed E-state index contributed by atoms with van der Waals surface area (Å²) < 4.78 is 6.75. The van der Waals surface area contributed by atoms with E-state index in [1.165, 1.54) is 70.3 Å². The van der Waals surface area contributed by atoms with E-state index in [1.807, 2.05) is 0 Å². The molecule has 4 aromatic carbocycles. The van der Waals surface area contributed by atoms with Gasteiger partial charge in [-0.05, 0) is 46.7 Å². The number of para-hydroxylation sites is 1. The van der Waals surface area contributed by atoms with Crippen molar-refractivity contribution in [2.45, 2.75) is 44.4 Å². The van der Waals surface area contributed by atoms with Crippen molar-refractivity contribution in [3.8, 4) is 0 Å². The lowest BCUT2D eigenvalue weighted by Gasteiger charge is -2.21. The van der Waals surface area contributed by atoms with Crippen LogP contribution in [0.25, 0.3) is 32.7 Å². The Hall–Kier alpha value is -3.06. The SMILES string of the molecule is c1ccc(Cc2cc3ccccc3c3c2oc2c(C4CCCCC4)cccc23)cc1. The third-order valence-electron chi connectivity index (χ3n) is 6.88. The standard InChI is InChI=1S/C29H26O/c1-3-10-20(11-4-1)18-23-19-22-14-7-8-15-24(22)27-26-17-9-16-25(29(26)30-28(23)27)21-12-5-2-6-13-21/h1,3-4,7-11,14-17,19,21H,2,5-6,12-13,18H2. The number of hydrogen-bond donors (Lipinski definition) is 0. The maximum atomic E-state index is 6.75. The largest absolute Gasteiger partial charge is 0.455 e. The van der Waals surface area contributed by atoms with E-state index in [0.717, 1.165) is 17.6 Å². The molecule has 30 heavy (non-hydrogen) atoms. The Morgan fingerprint density at radius 2 is 1.47 bits per heavy atom. The highest BCUT2D eigenvalue weighted by Gasteiger charge is 2.22. The molecular weight excluding hydrogens is 364 g/mol. The molecule has 0 unspecified atom stereocenters. The van der Waals surface area contributed by atoms with Crippen LogP contribution in [0.1, 0.15) is 54.7 Å². The Bertz CT molecular complexity index is 1340. The van der Waals surface area contributed by atoms with Crippen LogP contribution in [0, 0.1) is 0 Å². The van der Waals surface area contributed by atoms with Crippen LogP contribution >= 0.6 is 0 Å². The van der Waals surface area contributed by atoms with Crippen molar-refractivity contribution in [3.63, 3.8) is 0 Å². The summed E-state index contributed by atoms with van der Waals surface area (Å²) in [5.74, 6) is 0.631. The second-order valence-electron chi connectivity index (χ2n) is 8.78. The van der Waals surface area contributed by atoms with Gasteiger partial charge in [0.15, 0.2) is 0 Å². The molecular formula is C29H26O. The number of fused-ring (bicyclic) bond motifs is 5. The predicted octanol–water partition coefficient (Wildman–Crippen LogP) is 8.38. The molecule has 1 aromatic heterocycles. The molecule has 0 saturated heterocycles. The third-order valence-corrected chi connectivity index (χ3v) is 6.88. The Kier molecular flexibility index (Phi) is 4.34. The molecule has 0 bridgehead atoms. The Morgan fingerprint density at radius 3 is 2.33 bits per heavy atom. The van der Waals surface area contributed by atoms with Gasteiger partial charge in [-0.2, -0.15) is 0 Å². The van der Waals surface area contributed by atoms with Gasteiger partial charge in [0.1, 0.15) is 11.2 Å². The Balaban J connectivity index is 1.64. The molecule has 0 N–H and O–H groups in total. The van der Waals surface area contributed by atoms with Crippen LogP contribution in [0.4, 0.5) is 0 Å². The second-order valence-corrected chi connectivity index (χ2v) is 8.78. The van der Waals surface area contributed by atoms with Crippen LogP contribution in [-0.2, 0) is 6.42 Å². The summed E-state index contributed by atoms with van der Waals surface area (Å²) in [6, 6.07) is 28.6. The maximum Gasteiger partial charge on any atom is 0.139 e. The molecule has 0 spiro atoms. The van der Waals surface area contributed by atoms with Crippen molar-refractivity contribution in [3.05, 3.63) is 95.6 Å². The van der Waals surface area contributed by atoms with Gasteiger partial charge in [-0.1, -0.05) is 92.1 Å². The van der Waals surface area contributed by atoms with Crippen molar-refractivity contribution in [1.29, 1.82) is 0 Å². The fourth-order valence-electron chi connectivity index (χ4n) is 5.42. The van der Waals surface area contributed by atoms with E-state index in [-0.39, 0.29) is 0 Å². The second kappa shape index (κ2) is 7.32. The van der Waals surface area contributed by atoms with Crippen molar-refractivity contribution >= 4 is 32.7 Å². The zero-order valence-corrected chi connectivity index (χ0v) is 17.2. The summed E-state index contributed by atoms with van der Waals surface area (Å²) in [5.41, 5.74) is 6.20. The van der Waals surface area contributed by atoms with Gasteiger partial charge in [0, 0.05) is 22.8 Å². The molecule has 1 aliphatic rings. The number of furan rings is 1. The predicted molar refractivity (Wildman–Crippen MR) is 126 cm³/mol. The van der Waals surface area contributed by atoms with Crippen LogP contribution in [0.3, 0.4) is 0 Å². The van der Waals surface area contributed by atoms with Crippen LogP contribution < -0.4 is 0 Å². The van der Waals surface area contributed by atoms with Crippen molar-refractivity contribution in [2.24, 2.45) is 0 Å². The Morgan fingerprint density at radius 1 is 0.700 bits per heavy atom. The Labute approximate surface area is 177 Å². The first-order valence-corrected chi connectivity index (χ1v) is 11.3. The lowest BCUT2D eigenvalue weighted by molar-refractivity contribution is 0.442. The molecule has 0 aliphatic heterocycles. The summed E-state index contributed by atoms with van der Waals surface area (Å²) in [7, 11) is 0. The first-order valence-electron chi connectivity index (χ1n) is 11.3. The van der Waals surface area contributed by atoms with Crippen LogP contribution in [-0.4, -0.2) is 0 Å². The fraction of sp³-hybridized carbons (Fsp3) is 0.241. The van der Waals surface area contributed by atoms with Crippen molar-refractivity contribution in [1.82, 2.24) is 0 Å². The van der Waals surface area contributed by atoms with Gasteiger partial charge in [-0.25, -0.2) is 0 Å². The van der Waals surface area contributed by atoms with E-state index >= 15 is 0 Å².